The summed E-state index contributed by atoms with van der Waals surface area (Å²) in [5.74, 6) is -2.63. The number of carbonyl (C=O) groups excluding carboxylic acids is 4. The van der Waals surface area contributed by atoms with Gasteiger partial charge in [0, 0.05) is 68.3 Å². The number of likely N-dealkylation sites (tertiary alicyclic amines) is 1. The van der Waals surface area contributed by atoms with E-state index >= 15 is 4.79 Å². The van der Waals surface area contributed by atoms with E-state index in [1.165, 1.54) is 0 Å². The highest BCUT2D eigenvalue weighted by atomic mass is 35.5. The van der Waals surface area contributed by atoms with E-state index in [0.29, 0.717) is 81.8 Å². The van der Waals surface area contributed by atoms with Gasteiger partial charge in [0.1, 0.15) is 0 Å². The maximum atomic E-state index is 15.2. The van der Waals surface area contributed by atoms with Crippen LogP contribution in [0.1, 0.15) is 66.9 Å². The molecule has 0 bridgehead atoms. The largest absolute Gasteiger partial charge is 0.466 e. The summed E-state index contributed by atoms with van der Waals surface area (Å²) in [4.78, 5) is 61.0. The number of fused-ring (bicyclic) bond motifs is 1. The van der Waals surface area contributed by atoms with Gasteiger partial charge in [0.2, 0.25) is 11.8 Å². The predicted octanol–water partition coefficient (Wildman–Crippen LogP) is 7.08. The second-order valence-corrected chi connectivity index (χ2v) is 15.8. The molecule has 2 aliphatic heterocycles. The fourth-order valence-corrected chi connectivity index (χ4v) is 8.92. The van der Waals surface area contributed by atoms with Gasteiger partial charge < -0.3 is 24.3 Å². The summed E-state index contributed by atoms with van der Waals surface area (Å²) in [6.45, 7) is 4.70. The molecule has 3 fully saturated rings. The third kappa shape index (κ3) is 8.38. The highest BCUT2D eigenvalue weighted by molar-refractivity contribution is 6.36. The fourth-order valence-electron chi connectivity index (χ4n) is 8.45. The number of aromatic nitrogens is 1. The Hall–Kier alpha value is -4.26. The van der Waals surface area contributed by atoms with Crippen LogP contribution in [0.3, 0.4) is 0 Å². The van der Waals surface area contributed by atoms with Crippen molar-refractivity contribution in [2.75, 3.05) is 44.6 Å². The van der Waals surface area contributed by atoms with Crippen LogP contribution >= 0.6 is 23.2 Å². The van der Waals surface area contributed by atoms with Crippen molar-refractivity contribution < 1.29 is 28.7 Å². The van der Waals surface area contributed by atoms with Gasteiger partial charge in [0.05, 0.1) is 41.4 Å². The van der Waals surface area contributed by atoms with Crippen LogP contribution in [0.2, 0.25) is 10.0 Å². The van der Waals surface area contributed by atoms with Crippen LogP contribution in [0.5, 0.6) is 0 Å². The van der Waals surface area contributed by atoms with Crippen molar-refractivity contribution in [2.45, 2.75) is 70.4 Å². The fraction of sp³-hybridized carbons (Fsp3) is 0.442. The molecule has 1 saturated carbocycles. The molecule has 3 heterocycles. The number of hydrogen-bond donors (Lipinski definition) is 1. The van der Waals surface area contributed by atoms with Gasteiger partial charge in [-0.1, -0.05) is 71.7 Å². The summed E-state index contributed by atoms with van der Waals surface area (Å²) >= 11 is 13.7. The summed E-state index contributed by atoms with van der Waals surface area (Å²) in [5.41, 5.74) is 3.26. The molecule has 296 valence electrons. The molecule has 4 aromatic rings. The zero-order valence-electron chi connectivity index (χ0n) is 32.0. The maximum Gasteiger partial charge on any atom is 0.308 e. The standard InChI is InChI=1S/C43H49Cl2N5O6/c1-3-55-42(54)30-15-17-32(18-16-30)56-43(49-19-9-10-20-49,50-22-21-48(40(52)28-50)26-29-11-5-4-6-12-29)39(51)24-31-23-36(45)37(25-35(31)44)46-41(53)34-27-47(2)38-14-8-7-13-33(34)38/h4-8,11-14,23,25,27,30,32H,3,9-10,15-22,24,26,28H2,1-2H3,(H,46,53). The number of ether oxygens (including phenoxy) is 2. The van der Waals surface area contributed by atoms with Crippen LogP contribution in [-0.2, 0) is 43.9 Å². The Morgan fingerprint density at radius 3 is 2.30 bits per heavy atom. The number of esters is 1. The number of ketones is 1. The van der Waals surface area contributed by atoms with Crippen LogP contribution in [0, 0.1) is 5.92 Å². The Balaban J connectivity index is 1.16. The zero-order chi connectivity index (χ0) is 39.4. The molecule has 1 aromatic heterocycles. The number of piperazine rings is 1. The minimum Gasteiger partial charge on any atom is -0.466 e. The molecule has 2 saturated heterocycles. The van der Waals surface area contributed by atoms with Crippen molar-refractivity contribution in [2.24, 2.45) is 13.0 Å². The molecule has 56 heavy (non-hydrogen) atoms. The van der Waals surface area contributed by atoms with E-state index in [4.69, 9.17) is 32.7 Å². The number of nitrogens with one attached hydrogen (secondary N) is 1. The lowest BCUT2D eigenvalue weighted by molar-refractivity contribution is -0.259. The van der Waals surface area contributed by atoms with Crippen molar-refractivity contribution in [3.05, 3.63) is 99.7 Å². The topological polar surface area (TPSA) is 113 Å². The molecule has 2 amide bonds. The van der Waals surface area contributed by atoms with E-state index in [1.54, 1.807) is 25.3 Å². The second-order valence-electron chi connectivity index (χ2n) is 15.0. The van der Waals surface area contributed by atoms with E-state index in [-0.39, 0.29) is 58.6 Å². The van der Waals surface area contributed by atoms with Crippen molar-refractivity contribution in [3.63, 3.8) is 0 Å². The van der Waals surface area contributed by atoms with Gasteiger partial charge in [-0.25, -0.2) is 4.90 Å². The van der Waals surface area contributed by atoms with Crippen LogP contribution in [0.25, 0.3) is 10.9 Å². The molecule has 1 aliphatic carbocycles. The molecular formula is C43H49Cl2N5O6. The lowest BCUT2D eigenvalue weighted by Gasteiger charge is -2.51. The van der Waals surface area contributed by atoms with Crippen LogP contribution < -0.4 is 5.32 Å². The van der Waals surface area contributed by atoms with E-state index < -0.39 is 5.85 Å². The number of amides is 2. The number of para-hydroxylation sites is 1. The van der Waals surface area contributed by atoms with Gasteiger partial charge in [-0.3, -0.25) is 24.1 Å². The average Bonchev–Trinajstić information content (AvgIpc) is 3.86. The highest BCUT2D eigenvalue weighted by Crippen LogP contribution is 2.38. The maximum absolute atomic E-state index is 15.2. The number of nitrogens with zero attached hydrogens (tertiary/aromatic N) is 4. The Labute approximate surface area is 337 Å². The second kappa shape index (κ2) is 17.5. The summed E-state index contributed by atoms with van der Waals surface area (Å²) in [7, 11) is 1.88. The first-order valence-corrected chi connectivity index (χ1v) is 20.4. The first-order valence-electron chi connectivity index (χ1n) is 19.6. The van der Waals surface area contributed by atoms with Gasteiger partial charge in [0.25, 0.3) is 5.91 Å². The Bertz CT molecular complexity index is 2080. The summed E-state index contributed by atoms with van der Waals surface area (Å²) < 4.78 is 14.3. The number of halogens is 2. The van der Waals surface area contributed by atoms with Crippen LogP contribution in [0.15, 0.2) is 72.9 Å². The minimum absolute atomic E-state index is 0.000864. The van der Waals surface area contributed by atoms with E-state index in [1.807, 2.05) is 76.0 Å². The number of carbonyl (C=O) groups is 4. The lowest BCUT2D eigenvalue weighted by atomic mass is 9.87. The molecule has 0 radical (unpaired) electrons. The lowest BCUT2D eigenvalue weighted by Crippen LogP contribution is -2.71. The molecule has 3 aliphatic rings. The average molecular weight is 803 g/mol. The SMILES string of the molecule is CCOC(=O)C1CCC(OC(C(=O)Cc2cc(Cl)c(NC(=O)c3cn(C)c4ccccc34)cc2Cl)(N2CCCC2)N2CCN(Cc3ccccc3)C(=O)C2)CC1. The molecule has 7 rings (SSSR count). The molecule has 3 aromatic carbocycles. The van der Waals surface area contributed by atoms with Crippen molar-refractivity contribution >= 4 is 63.4 Å². The van der Waals surface area contributed by atoms with Crippen LogP contribution in [-0.4, -0.2) is 94.1 Å². The summed E-state index contributed by atoms with van der Waals surface area (Å²) in [6, 6.07) is 20.7. The van der Waals surface area contributed by atoms with Crippen molar-refractivity contribution in [1.82, 2.24) is 19.3 Å². The highest BCUT2D eigenvalue weighted by Gasteiger charge is 2.54. The summed E-state index contributed by atoms with van der Waals surface area (Å²) in [5, 5.41) is 4.22. The Morgan fingerprint density at radius 1 is 0.875 bits per heavy atom. The normalized spacial score (nSPS) is 20.6. The number of hydrogen-bond acceptors (Lipinski definition) is 8. The van der Waals surface area contributed by atoms with Crippen LogP contribution in [0.4, 0.5) is 5.69 Å². The van der Waals surface area contributed by atoms with Crippen molar-refractivity contribution in [3.8, 4) is 0 Å². The van der Waals surface area contributed by atoms with E-state index in [9.17, 15) is 14.4 Å². The number of anilines is 1. The molecule has 13 heteroatoms. The first kappa shape index (κ1) is 40.0. The van der Waals surface area contributed by atoms with E-state index in [0.717, 1.165) is 29.3 Å². The third-order valence-electron chi connectivity index (χ3n) is 11.4. The number of Topliss-reactive ketones (excluding diaryl/α,β-unsaturated/α-hetero) is 1. The van der Waals surface area contributed by atoms with Gasteiger partial charge in [0.15, 0.2) is 5.78 Å². The van der Waals surface area contributed by atoms with E-state index in [2.05, 4.69) is 10.2 Å². The number of benzene rings is 3. The molecule has 0 spiro atoms. The minimum atomic E-state index is -1.55. The quantitative estimate of drug-likeness (QED) is 0.143. The van der Waals surface area contributed by atoms with Gasteiger partial charge in [-0.2, -0.15) is 0 Å². The molecule has 1 atom stereocenters. The van der Waals surface area contributed by atoms with Gasteiger partial charge in [-0.15, -0.1) is 0 Å². The molecular weight excluding hydrogens is 753 g/mol. The monoisotopic (exact) mass is 801 g/mol. The van der Waals surface area contributed by atoms with Crippen molar-refractivity contribution in [1.29, 1.82) is 0 Å². The zero-order valence-corrected chi connectivity index (χ0v) is 33.5. The smallest absolute Gasteiger partial charge is 0.308 e. The molecule has 11 nitrogen and oxygen atoms in total. The van der Waals surface area contributed by atoms with Gasteiger partial charge >= 0.3 is 5.97 Å². The molecule has 1 N–H and O–H groups in total. The first-order chi connectivity index (χ1) is 27.1. The number of aryl methyl sites for hydroxylation is 1. The van der Waals surface area contributed by atoms with Gasteiger partial charge in [-0.05, 0) is 74.8 Å². The molecule has 1 unspecified atom stereocenters. The summed E-state index contributed by atoms with van der Waals surface area (Å²) in [6.07, 6.45) is 5.42. The Kier molecular flexibility index (Phi) is 12.5. The predicted molar refractivity (Wildman–Crippen MR) is 216 cm³/mol. The third-order valence-corrected chi connectivity index (χ3v) is 12.0. The Morgan fingerprint density at radius 2 is 1.59 bits per heavy atom. The number of rotatable bonds is 13.